The van der Waals surface area contributed by atoms with Crippen LogP contribution < -0.4 is 22.9 Å². The highest BCUT2D eigenvalue weighted by molar-refractivity contribution is 5.86. The van der Waals surface area contributed by atoms with Gasteiger partial charge in [-0.3, -0.25) is 0 Å². The number of para-hydroxylation sites is 2. The first kappa shape index (κ1) is 28.3. The Kier molecular flexibility index (Phi) is 8.16. The molecule has 4 nitrogen and oxygen atoms in total. The van der Waals surface area contributed by atoms with E-state index in [1.165, 1.54) is 11.1 Å². The lowest BCUT2D eigenvalue weighted by molar-refractivity contribution is 0.582. The second kappa shape index (κ2) is 12.1. The third-order valence-electron chi connectivity index (χ3n) is 8.05. The highest BCUT2D eigenvalue weighted by atomic mass is 14.6. The van der Waals surface area contributed by atoms with Gasteiger partial charge in [0.15, 0.2) is 0 Å². The van der Waals surface area contributed by atoms with E-state index in [4.69, 9.17) is 22.9 Å². The summed E-state index contributed by atoms with van der Waals surface area (Å²) in [5.41, 5.74) is 36.4. The molecule has 5 aromatic carbocycles. The van der Waals surface area contributed by atoms with Crippen LogP contribution in [0.4, 0.5) is 22.7 Å². The summed E-state index contributed by atoms with van der Waals surface area (Å²) in [6.07, 6.45) is 9.38. The van der Waals surface area contributed by atoms with Crippen molar-refractivity contribution in [3.63, 3.8) is 0 Å². The van der Waals surface area contributed by atoms with Crippen molar-refractivity contribution >= 4 is 34.9 Å². The Balaban J connectivity index is 1.67. The number of benzene rings is 5. The van der Waals surface area contributed by atoms with Crippen LogP contribution in [0.5, 0.6) is 0 Å². The molecule has 210 valence electrons. The molecule has 5 rings (SSSR count). The average molecular weight is 551 g/mol. The molecular formula is C38H38N4. The molecule has 0 aromatic heterocycles. The third-order valence-corrected chi connectivity index (χ3v) is 8.05. The summed E-state index contributed by atoms with van der Waals surface area (Å²) in [6.45, 7) is 4.30. The minimum atomic E-state index is -0.427. The summed E-state index contributed by atoms with van der Waals surface area (Å²) < 4.78 is 0. The second-order valence-electron chi connectivity index (χ2n) is 10.8. The van der Waals surface area contributed by atoms with Gasteiger partial charge in [0.25, 0.3) is 0 Å². The van der Waals surface area contributed by atoms with Crippen LogP contribution in [-0.4, -0.2) is 0 Å². The summed E-state index contributed by atoms with van der Waals surface area (Å²) in [7, 11) is 0. The Labute approximate surface area is 249 Å². The Bertz CT molecular complexity index is 1690. The third kappa shape index (κ3) is 5.65. The molecule has 0 radical (unpaired) electrons. The molecule has 8 N–H and O–H groups in total. The molecule has 0 bridgehead atoms. The highest BCUT2D eigenvalue weighted by Gasteiger charge is 2.30. The van der Waals surface area contributed by atoms with E-state index in [-0.39, 0.29) is 0 Å². The van der Waals surface area contributed by atoms with Crippen molar-refractivity contribution in [3.05, 3.63) is 144 Å². The maximum atomic E-state index is 6.52. The maximum absolute atomic E-state index is 6.52. The first-order valence-corrected chi connectivity index (χ1v) is 14.2. The van der Waals surface area contributed by atoms with E-state index < -0.39 is 5.41 Å². The molecule has 5 aromatic rings. The van der Waals surface area contributed by atoms with Gasteiger partial charge in [0.1, 0.15) is 0 Å². The Morgan fingerprint density at radius 3 is 1.43 bits per heavy atom. The topological polar surface area (TPSA) is 104 Å². The normalized spacial score (nSPS) is 11.9. The zero-order valence-electron chi connectivity index (χ0n) is 24.2. The minimum Gasteiger partial charge on any atom is -0.398 e. The quantitative estimate of drug-likeness (QED) is 0.145. The molecule has 4 heteroatoms. The Morgan fingerprint density at radius 1 is 0.524 bits per heavy atom. The van der Waals surface area contributed by atoms with Crippen molar-refractivity contribution in [1.82, 2.24) is 0 Å². The lowest BCUT2D eigenvalue weighted by Gasteiger charge is -2.32. The fourth-order valence-corrected chi connectivity index (χ4v) is 5.57. The van der Waals surface area contributed by atoms with Crippen LogP contribution in [0.3, 0.4) is 0 Å². The molecule has 0 spiro atoms. The van der Waals surface area contributed by atoms with Crippen LogP contribution in [0.25, 0.3) is 34.4 Å². The minimum absolute atomic E-state index is 0.427. The molecule has 0 unspecified atom stereocenters. The van der Waals surface area contributed by atoms with Crippen molar-refractivity contribution in [2.24, 2.45) is 0 Å². The lowest BCUT2D eigenvalue weighted by Crippen LogP contribution is -2.23. The molecule has 0 amide bonds. The Hall–Kier alpha value is -5.22. The van der Waals surface area contributed by atoms with Gasteiger partial charge in [-0.2, -0.15) is 0 Å². The van der Waals surface area contributed by atoms with E-state index in [9.17, 15) is 0 Å². The first-order valence-electron chi connectivity index (χ1n) is 14.2. The zero-order valence-corrected chi connectivity index (χ0v) is 24.2. The Morgan fingerprint density at radius 2 is 0.952 bits per heavy atom. The number of rotatable bonds is 8. The van der Waals surface area contributed by atoms with E-state index in [0.717, 1.165) is 39.8 Å². The highest BCUT2D eigenvalue weighted by Crippen LogP contribution is 2.43. The van der Waals surface area contributed by atoms with Crippen LogP contribution in [0.1, 0.15) is 42.5 Å². The van der Waals surface area contributed by atoms with E-state index in [1.54, 1.807) is 0 Å². The number of hydrogen-bond acceptors (Lipinski definition) is 4. The maximum Gasteiger partial charge on any atom is 0.0394 e. The van der Waals surface area contributed by atoms with Crippen molar-refractivity contribution in [2.75, 3.05) is 22.9 Å². The van der Waals surface area contributed by atoms with Crippen LogP contribution >= 0.6 is 0 Å². The van der Waals surface area contributed by atoms with Gasteiger partial charge in [0, 0.05) is 50.4 Å². The number of hydrogen-bond donors (Lipinski definition) is 4. The smallest absolute Gasteiger partial charge is 0.0394 e. The summed E-state index contributed by atoms with van der Waals surface area (Å²) in [5.74, 6) is 0. The summed E-state index contributed by atoms with van der Waals surface area (Å²) in [4.78, 5) is 0. The largest absolute Gasteiger partial charge is 0.398 e. The van der Waals surface area contributed by atoms with Crippen LogP contribution in [0.2, 0.25) is 0 Å². The fourth-order valence-electron chi connectivity index (χ4n) is 5.57. The lowest BCUT2D eigenvalue weighted by atomic mass is 9.72. The van der Waals surface area contributed by atoms with Gasteiger partial charge < -0.3 is 22.9 Å². The van der Waals surface area contributed by atoms with Crippen molar-refractivity contribution < 1.29 is 0 Å². The number of anilines is 4. The summed E-state index contributed by atoms with van der Waals surface area (Å²) >= 11 is 0. The van der Waals surface area contributed by atoms with Crippen LogP contribution in [0, 0.1) is 0 Å². The molecule has 0 aliphatic heterocycles. The number of allylic oxidation sites excluding steroid dienone is 2. The van der Waals surface area contributed by atoms with E-state index in [2.05, 4.69) is 79.8 Å². The molecule has 42 heavy (non-hydrogen) atoms. The predicted molar refractivity (Wildman–Crippen MR) is 183 cm³/mol. The molecular weight excluding hydrogens is 512 g/mol. The first-order chi connectivity index (χ1) is 20.3. The second-order valence-corrected chi connectivity index (χ2v) is 10.8. The summed E-state index contributed by atoms with van der Waals surface area (Å²) in [6, 6.07) is 36.6. The van der Waals surface area contributed by atoms with Gasteiger partial charge in [0.05, 0.1) is 0 Å². The van der Waals surface area contributed by atoms with Gasteiger partial charge in [-0.15, -0.1) is 0 Å². The van der Waals surface area contributed by atoms with E-state index >= 15 is 0 Å². The monoisotopic (exact) mass is 550 g/mol. The van der Waals surface area contributed by atoms with Crippen molar-refractivity contribution in [3.8, 4) is 22.3 Å². The fraction of sp³-hybridized carbons (Fsp3) is 0.105. The van der Waals surface area contributed by atoms with Gasteiger partial charge in [-0.05, 0) is 72.0 Å². The zero-order chi connectivity index (χ0) is 29.7. The molecule has 0 saturated heterocycles. The molecule has 0 atom stereocenters. The standard InChI is InChI=1S/C38H38N4/c1-3-11-26-12-4-5-13-27(26)14-10-23-38(2,28-19-21-36(41)32(24-28)30-15-6-8-17-34(30)39)29-20-22-37(42)33(25-29)31-16-7-9-18-35(31)40/h3-22,24-25H,23,39-42H2,1-2H3/b11-3-,14-10-. The van der Waals surface area contributed by atoms with E-state index in [1.807, 2.05) is 67.6 Å². The molecule has 0 aliphatic rings. The molecule has 0 fully saturated rings. The molecule has 0 heterocycles. The van der Waals surface area contributed by atoms with E-state index in [0.29, 0.717) is 22.7 Å². The van der Waals surface area contributed by atoms with Crippen LogP contribution in [0.15, 0.2) is 121 Å². The number of nitrogens with two attached hydrogens (primary N) is 4. The SMILES string of the molecule is C/C=C\c1ccccc1/C=C\CC(C)(c1ccc(N)c(-c2ccccc2N)c1)c1ccc(N)c(-c2ccccc2N)c1. The van der Waals surface area contributed by atoms with Crippen LogP contribution in [-0.2, 0) is 5.41 Å². The van der Waals surface area contributed by atoms with Gasteiger partial charge in [0.2, 0.25) is 0 Å². The summed E-state index contributed by atoms with van der Waals surface area (Å²) in [5, 5.41) is 0. The molecule has 0 aliphatic carbocycles. The predicted octanol–water partition coefficient (Wildman–Crippen LogP) is 8.79. The molecule has 0 saturated carbocycles. The van der Waals surface area contributed by atoms with Gasteiger partial charge in [-0.25, -0.2) is 0 Å². The van der Waals surface area contributed by atoms with Gasteiger partial charge in [-0.1, -0.05) is 104 Å². The van der Waals surface area contributed by atoms with Crippen molar-refractivity contribution in [1.29, 1.82) is 0 Å². The average Bonchev–Trinajstić information content (AvgIpc) is 2.99. The number of nitrogen functional groups attached to an aromatic ring is 4. The van der Waals surface area contributed by atoms with Gasteiger partial charge >= 0.3 is 0 Å². The van der Waals surface area contributed by atoms with Crippen molar-refractivity contribution in [2.45, 2.75) is 25.7 Å².